The molecule has 113 valence electrons. The van der Waals surface area contributed by atoms with Crippen molar-refractivity contribution in [3.8, 4) is 0 Å². The van der Waals surface area contributed by atoms with Crippen LogP contribution in [0, 0.1) is 10.5 Å². The van der Waals surface area contributed by atoms with E-state index in [0.29, 0.717) is 0 Å². The first-order valence-corrected chi connectivity index (χ1v) is 9.18. The van der Waals surface area contributed by atoms with E-state index in [1.54, 1.807) is 22.3 Å². The van der Waals surface area contributed by atoms with Gasteiger partial charge in [0.2, 0.25) is 0 Å². The van der Waals surface area contributed by atoms with Crippen LogP contribution in [0.5, 0.6) is 0 Å². The summed E-state index contributed by atoms with van der Waals surface area (Å²) in [5.74, 6) is 0. The average molecular weight is 482 g/mol. The molecular formula is C16H28PRhTe-. The minimum atomic E-state index is 0. The SMILES string of the molecule is C=[C-][Te].CC(C)P(C(C)C)C(C)C.[CH]1C=CC=C1.[Rh]. The third-order valence-electron chi connectivity index (χ3n) is 2.34. The fourth-order valence-corrected chi connectivity index (χ4v) is 5.69. The normalized spacial score (nSPS) is 11.9. The Morgan fingerprint density at radius 3 is 1.16 bits per heavy atom. The summed E-state index contributed by atoms with van der Waals surface area (Å²) in [4.78, 5) is 0. The molecule has 0 spiro atoms. The molecule has 3 radical (unpaired) electrons. The molecule has 0 atom stereocenters. The number of hydrogen-bond acceptors (Lipinski definition) is 0. The van der Waals surface area contributed by atoms with E-state index in [-0.39, 0.29) is 27.4 Å². The standard InChI is InChI=1S/C9H21P.C5H5.C2H2Te.Rh/c1-7(2)10(8(3)4)9(5)6;1-2-4-5-3-1;1-2-3;/h7-9H,1-6H3;1-5H;1H2;/q;;-1;. The Bertz CT molecular complexity index is 216. The van der Waals surface area contributed by atoms with Crippen LogP contribution in [0.3, 0.4) is 0 Å². The second-order valence-corrected chi connectivity index (χ2v) is 9.65. The molecule has 0 amide bonds. The molecule has 3 heteroatoms. The zero-order valence-electron chi connectivity index (χ0n) is 13.0. The first-order valence-electron chi connectivity index (χ1n) is 6.46. The fraction of sp³-hybridized carbons (Fsp3) is 0.562. The Morgan fingerprint density at radius 1 is 0.842 bits per heavy atom. The maximum atomic E-state index is 3.24. The molecule has 0 fully saturated rings. The monoisotopic (exact) mass is 484 g/mol. The molecule has 0 aliphatic heterocycles. The van der Waals surface area contributed by atoms with Crippen LogP contribution in [0.25, 0.3) is 0 Å². The van der Waals surface area contributed by atoms with E-state index >= 15 is 0 Å². The van der Waals surface area contributed by atoms with E-state index in [1.807, 2.05) is 30.7 Å². The van der Waals surface area contributed by atoms with Crippen molar-refractivity contribution in [2.45, 2.75) is 58.5 Å². The van der Waals surface area contributed by atoms with Gasteiger partial charge >= 0.3 is 33.0 Å². The van der Waals surface area contributed by atoms with Gasteiger partial charge in [0.1, 0.15) is 0 Å². The van der Waals surface area contributed by atoms with Gasteiger partial charge in [-0.05, 0) is 17.0 Å². The number of rotatable bonds is 3. The van der Waals surface area contributed by atoms with Crippen molar-refractivity contribution in [2.24, 2.45) is 0 Å². The van der Waals surface area contributed by atoms with Gasteiger partial charge in [-0.3, -0.25) is 0 Å². The van der Waals surface area contributed by atoms with Gasteiger partial charge in [-0.2, -0.15) is 0 Å². The molecule has 1 rings (SSSR count). The van der Waals surface area contributed by atoms with Crippen LogP contribution < -0.4 is 0 Å². The summed E-state index contributed by atoms with van der Waals surface area (Å²) in [6.45, 7) is 17.4. The molecule has 0 saturated carbocycles. The minimum Gasteiger partial charge on any atom is -0.0988 e. The smallest absolute Gasteiger partial charge is 0.00506 e. The van der Waals surface area contributed by atoms with Gasteiger partial charge in [0.15, 0.2) is 0 Å². The molecule has 0 N–H and O–H groups in total. The topological polar surface area (TPSA) is 0 Å². The summed E-state index contributed by atoms with van der Waals surface area (Å²) in [5, 5.41) is 0. The molecule has 1 aliphatic rings. The Balaban J connectivity index is -0.000000237. The van der Waals surface area contributed by atoms with Crippen LogP contribution >= 0.6 is 7.92 Å². The van der Waals surface area contributed by atoms with Gasteiger partial charge in [-0.15, -0.1) is 0 Å². The van der Waals surface area contributed by atoms with Crippen molar-refractivity contribution in [3.63, 3.8) is 0 Å². The van der Waals surface area contributed by atoms with Crippen LogP contribution in [0.1, 0.15) is 41.5 Å². The predicted octanol–water partition coefficient (Wildman–Crippen LogP) is 5.11. The van der Waals surface area contributed by atoms with Crippen molar-refractivity contribution in [2.75, 3.05) is 0 Å². The summed E-state index contributed by atoms with van der Waals surface area (Å²) in [6.07, 6.45) is 10.0. The molecule has 0 bridgehead atoms. The zero-order chi connectivity index (χ0) is 14.6. The van der Waals surface area contributed by atoms with Crippen LogP contribution in [0.2, 0.25) is 0 Å². The summed E-state index contributed by atoms with van der Waals surface area (Å²) in [5.41, 5.74) is 2.69. The van der Waals surface area contributed by atoms with Gasteiger partial charge in [-0.25, -0.2) is 0 Å². The second-order valence-electron chi connectivity index (χ2n) is 4.84. The van der Waals surface area contributed by atoms with Crippen molar-refractivity contribution in [1.29, 1.82) is 0 Å². The van der Waals surface area contributed by atoms with Gasteiger partial charge in [0.25, 0.3) is 0 Å². The molecule has 0 aromatic heterocycles. The second kappa shape index (κ2) is 17.1. The van der Waals surface area contributed by atoms with Gasteiger partial charge in [0, 0.05) is 25.9 Å². The Kier molecular flexibility index (Phi) is 22.6. The first-order chi connectivity index (χ1) is 8.38. The Hall–Kier alpha value is 1.06. The van der Waals surface area contributed by atoms with E-state index in [1.165, 1.54) is 0 Å². The van der Waals surface area contributed by atoms with Crippen molar-refractivity contribution >= 4 is 30.2 Å². The van der Waals surface area contributed by atoms with Crippen LogP contribution in [0.4, 0.5) is 0 Å². The molecule has 0 nitrogen and oxygen atoms in total. The van der Waals surface area contributed by atoms with E-state index < -0.39 is 0 Å². The molecule has 0 aromatic rings. The molecule has 1 aliphatic carbocycles. The van der Waals surface area contributed by atoms with Crippen molar-refractivity contribution < 1.29 is 19.5 Å². The Labute approximate surface area is 149 Å². The van der Waals surface area contributed by atoms with Crippen molar-refractivity contribution in [3.05, 3.63) is 41.4 Å². The number of allylic oxidation sites excluding steroid dienone is 4. The fourth-order valence-electron chi connectivity index (χ4n) is 2.11. The summed E-state index contributed by atoms with van der Waals surface area (Å²) >= 11 is 1.71. The van der Waals surface area contributed by atoms with E-state index in [9.17, 15) is 0 Å². The molecule has 19 heavy (non-hydrogen) atoms. The molecular weight excluding hydrogens is 454 g/mol. The molecule has 0 saturated heterocycles. The van der Waals surface area contributed by atoms with Crippen LogP contribution in [-0.2, 0) is 19.5 Å². The summed E-state index contributed by atoms with van der Waals surface area (Å²) in [7, 11) is 0.262. The first kappa shape index (κ1) is 25.0. The average Bonchev–Trinajstić information content (AvgIpc) is 2.73. The third-order valence-corrected chi connectivity index (χ3v) is 5.92. The number of hydrogen-bond donors (Lipinski definition) is 0. The molecule has 0 unspecified atom stereocenters. The van der Waals surface area contributed by atoms with Gasteiger partial charge in [-0.1, -0.05) is 73.8 Å². The Morgan fingerprint density at radius 2 is 1.11 bits per heavy atom. The van der Waals surface area contributed by atoms with E-state index in [0.717, 1.165) is 17.0 Å². The maximum Gasteiger partial charge on any atom is 0.00506 e. The largest absolute Gasteiger partial charge is 0.0988 e. The zero-order valence-corrected chi connectivity index (χ0v) is 17.9. The predicted molar refractivity (Wildman–Crippen MR) is 89.5 cm³/mol. The van der Waals surface area contributed by atoms with Crippen LogP contribution in [-0.4, -0.2) is 39.3 Å². The van der Waals surface area contributed by atoms with Gasteiger partial charge in [0.05, 0.1) is 0 Å². The molecule has 0 aromatic carbocycles. The van der Waals surface area contributed by atoms with Crippen LogP contribution in [0.15, 0.2) is 30.9 Å². The molecule has 0 heterocycles. The van der Waals surface area contributed by atoms with E-state index in [4.69, 9.17) is 0 Å². The minimum absolute atomic E-state index is 0. The van der Waals surface area contributed by atoms with E-state index in [2.05, 4.69) is 52.2 Å². The van der Waals surface area contributed by atoms with Crippen molar-refractivity contribution in [1.82, 2.24) is 0 Å². The summed E-state index contributed by atoms with van der Waals surface area (Å²) < 4.78 is 2.51. The third kappa shape index (κ3) is 17.0. The maximum absolute atomic E-state index is 3.24. The quantitative estimate of drug-likeness (QED) is 0.298. The van der Waals surface area contributed by atoms with Gasteiger partial charge < -0.3 is 0 Å². The summed E-state index contributed by atoms with van der Waals surface area (Å²) in [6, 6.07) is 0.